The van der Waals surface area contributed by atoms with E-state index in [4.69, 9.17) is 49.0 Å². The van der Waals surface area contributed by atoms with Crippen LogP contribution in [0.15, 0.2) is 78.4 Å². The highest BCUT2D eigenvalue weighted by Gasteiger charge is 2.15. The fourth-order valence-corrected chi connectivity index (χ4v) is 4.81. The van der Waals surface area contributed by atoms with E-state index >= 15 is 0 Å². The van der Waals surface area contributed by atoms with Crippen LogP contribution in [0.3, 0.4) is 0 Å². The van der Waals surface area contributed by atoms with Crippen LogP contribution in [0.2, 0.25) is 15.1 Å². The Balaban J connectivity index is 1.44. The number of halogens is 3. The minimum Gasteiger partial charge on any atom is -0.490 e. The molecule has 220 valence electrons. The van der Waals surface area contributed by atoms with E-state index in [1.165, 1.54) is 17.2 Å². The lowest BCUT2D eigenvalue weighted by Crippen LogP contribution is -2.13. The summed E-state index contributed by atoms with van der Waals surface area (Å²) in [4.78, 5) is 12.9. The van der Waals surface area contributed by atoms with Crippen LogP contribution in [-0.4, -0.2) is 12.5 Å². The van der Waals surface area contributed by atoms with E-state index in [2.05, 4.69) is 18.3 Å². The number of benzene rings is 4. The van der Waals surface area contributed by atoms with Crippen LogP contribution < -0.4 is 19.5 Å². The lowest BCUT2D eigenvalue weighted by atomic mass is 10.1. The predicted molar refractivity (Wildman–Crippen MR) is 172 cm³/mol. The average molecular weight is 636 g/mol. The van der Waals surface area contributed by atoms with Gasteiger partial charge in [0.25, 0.3) is 5.91 Å². The third-order valence-electron chi connectivity index (χ3n) is 6.48. The Bertz CT molecular complexity index is 1700. The van der Waals surface area contributed by atoms with Gasteiger partial charge in [-0.05, 0) is 97.6 Å². The summed E-state index contributed by atoms with van der Waals surface area (Å²) >= 11 is 18.7. The Kier molecular flexibility index (Phi) is 11.0. The number of nitriles is 1. The molecule has 0 aliphatic rings. The first-order valence-electron chi connectivity index (χ1n) is 13.4. The summed E-state index contributed by atoms with van der Waals surface area (Å²) < 4.78 is 17.6. The van der Waals surface area contributed by atoms with E-state index in [9.17, 15) is 10.1 Å². The molecule has 0 aliphatic carbocycles. The van der Waals surface area contributed by atoms with Gasteiger partial charge in [-0.3, -0.25) is 4.79 Å². The molecule has 9 heteroatoms. The minimum absolute atomic E-state index is 0.111. The number of carbonyl (C=O) groups is 1. The number of hydrogen-bond acceptors (Lipinski definition) is 5. The lowest BCUT2D eigenvalue weighted by molar-refractivity contribution is -0.112. The van der Waals surface area contributed by atoms with E-state index < -0.39 is 5.91 Å². The SMILES string of the molecule is CCOc1cc(/C=C(\C#N)C(=O)Nc2ccc(OCc3ccc(Cl)cc3Cl)cc2)cc(Cl)c1OCc1ccc(C)c(C)c1. The van der Waals surface area contributed by atoms with Gasteiger partial charge in [0, 0.05) is 21.3 Å². The van der Waals surface area contributed by atoms with Crippen LogP contribution in [-0.2, 0) is 18.0 Å². The second kappa shape index (κ2) is 14.8. The molecular formula is C34H29Cl3N2O4. The van der Waals surface area contributed by atoms with Gasteiger partial charge in [-0.25, -0.2) is 0 Å². The molecule has 0 unspecified atom stereocenters. The second-order valence-electron chi connectivity index (χ2n) is 9.64. The number of nitrogens with zero attached hydrogens (tertiary/aromatic N) is 1. The fraction of sp³-hybridized carbons (Fsp3) is 0.176. The molecule has 0 bridgehead atoms. The maximum Gasteiger partial charge on any atom is 0.266 e. The molecule has 0 radical (unpaired) electrons. The van der Waals surface area contributed by atoms with Gasteiger partial charge in [-0.15, -0.1) is 0 Å². The van der Waals surface area contributed by atoms with E-state index in [1.807, 2.05) is 32.0 Å². The Hall–Kier alpha value is -4.15. The van der Waals surface area contributed by atoms with Gasteiger partial charge in [0.15, 0.2) is 11.5 Å². The third kappa shape index (κ3) is 8.68. The molecule has 1 N–H and O–H groups in total. The van der Waals surface area contributed by atoms with E-state index in [0.717, 1.165) is 11.1 Å². The highest BCUT2D eigenvalue weighted by Crippen LogP contribution is 2.38. The number of rotatable bonds is 11. The molecule has 0 spiro atoms. The van der Waals surface area contributed by atoms with Gasteiger partial charge in [-0.1, -0.05) is 59.1 Å². The van der Waals surface area contributed by atoms with E-state index in [0.29, 0.717) is 56.8 Å². The highest BCUT2D eigenvalue weighted by atomic mass is 35.5. The molecule has 4 aromatic rings. The molecule has 0 heterocycles. The molecule has 0 atom stereocenters. The number of carbonyl (C=O) groups excluding carboxylic acids is 1. The van der Waals surface area contributed by atoms with Crippen molar-refractivity contribution >= 4 is 52.5 Å². The van der Waals surface area contributed by atoms with Crippen molar-refractivity contribution in [3.63, 3.8) is 0 Å². The van der Waals surface area contributed by atoms with Crippen LogP contribution in [0, 0.1) is 25.2 Å². The van der Waals surface area contributed by atoms with Crippen LogP contribution in [0.5, 0.6) is 17.2 Å². The number of nitrogens with one attached hydrogen (secondary N) is 1. The number of amides is 1. The van der Waals surface area contributed by atoms with Gasteiger partial charge in [-0.2, -0.15) is 5.26 Å². The topological polar surface area (TPSA) is 80.6 Å². The largest absolute Gasteiger partial charge is 0.490 e. The number of hydrogen-bond donors (Lipinski definition) is 1. The van der Waals surface area contributed by atoms with Crippen molar-refractivity contribution in [1.82, 2.24) is 0 Å². The van der Waals surface area contributed by atoms with Crippen molar-refractivity contribution in [3.8, 4) is 23.3 Å². The summed E-state index contributed by atoms with van der Waals surface area (Å²) in [5.74, 6) is 0.812. The molecule has 0 aromatic heterocycles. The van der Waals surface area contributed by atoms with Crippen LogP contribution in [0.4, 0.5) is 5.69 Å². The summed E-state index contributed by atoms with van der Waals surface area (Å²) in [6, 6.07) is 23.4. The number of aryl methyl sites for hydroxylation is 2. The standard InChI is InChI=1S/C34H29Cl3N2O4/c1-4-41-32-16-24(15-31(37)33(32)43-19-23-6-5-21(2)22(3)13-23)14-26(18-38)34(40)39-28-9-11-29(12-10-28)42-20-25-7-8-27(35)17-30(25)36/h5-17H,4,19-20H2,1-3H3,(H,39,40)/b26-14+. The van der Waals surface area contributed by atoms with Crippen LogP contribution >= 0.6 is 34.8 Å². The predicted octanol–water partition coefficient (Wildman–Crippen LogP) is 9.37. The molecule has 0 fully saturated rings. The third-order valence-corrected chi connectivity index (χ3v) is 7.35. The Morgan fingerprint density at radius 3 is 2.30 bits per heavy atom. The van der Waals surface area contributed by atoms with E-state index in [1.54, 1.807) is 54.6 Å². The summed E-state index contributed by atoms with van der Waals surface area (Å²) in [6.07, 6.45) is 1.45. The zero-order valence-corrected chi connectivity index (χ0v) is 26.1. The monoisotopic (exact) mass is 634 g/mol. The molecule has 0 saturated carbocycles. The Labute approximate surface area is 266 Å². The second-order valence-corrected chi connectivity index (χ2v) is 10.9. The quantitative estimate of drug-likeness (QED) is 0.131. The molecule has 4 rings (SSSR count). The van der Waals surface area contributed by atoms with Crippen molar-refractivity contribution < 1.29 is 19.0 Å². The average Bonchev–Trinajstić information content (AvgIpc) is 2.97. The zero-order chi connectivity index (χ0) is 30.9. The summed E-state index contributed by atoms with van der Waals surface area (Å²) in [5, 5.41) is 13.8. The van der Waals surface area contributed by atoms with Gasteiger partial charge in [0.1, 0.15) is 30.6 Å². The first kappa shape index (κ1) is 31.8. The van der Waals surface area contributed by atoms with Crippen LogP contribution in [0.1, 0.15) is 34.7 Å². The van der Waals surface area contributed by atoms with Crippen molar-refractivity contribution in [2.24, 2.45) is 0 Å². The van der Waals surface area contributed by atoms with Gasteiger partial charge >= 0.3 is 0 Å². The lowest BCUT2D eigenvalue weighted by Gasteiger charge is -2.15. The maximum absolute atomic E-state index is 12.9. The van der Waals surface area contributed by atoms with E-state index in [-0.39, 0.29) is 12.2 Å². The first-order valence-corrected chi connectivity index (χ1v) is 14.6. The minimum atomic E-state index is -0.576. The summed E-state index contributed by atoms with van der Waals surface area (Å²) in [6.45, 7) is 6.89. The molecule has 1 amide bonds. The normalized spacial score (nSPS) is 11.0. The Morgan fingerprint density at radius 2 is 1.63 bits per heavy atom. The fourth-order valence-electron chi connectivity index (χ4n) is 4.07. The highest BCUT2D eigenvalue weighted by molar-refractivity contribution is 6.35. The summed E-state index contributed by atoms with van der Waals surface area (Å²) in [7, 11) is 0. The number of anilines is 1. The molecule has 43 heavy (non-hydrogen) atoms. The molecule has 4 aromatic carbocycles. The Morgan fingerprint density at radius 1 is 0.860 bits per heavy atom. The number of ether oxygens (including phenoxy) is 3. The van der Waals surface area contributed by atoms with Gasteiger partial charge in [0.2, 0.25) is 0 Å². The van der Waals surface area contributed by atoms with Gasteiger partial charge in [0.05, 0.1) is 11.6 Å². The van der Waals surface area contributed by atoms with Crippen molar-refractivity contribution in [1.29, 1.82) is 5.26 Å². The first-order chi connectivity index (χ1) is 20.7. The zero-order valence-electron chi connectivity index (χ0n) is 23.8. The summed E-state index contributed by atoms with van der Waals surface area (Å²) in [5.41, 5.74) is 5.06. The smallest absolute Gasteiger partial charge is 0.266 e. The van der Waals surface area contributed by atoms with Crippen molar-refractivity contribution in [2.75, 3.05) is 11.9 Å². The molecule has 0 saturated heterocycles. The molecular weight excluding hydrogens is 607 g/mol. The molecule has 0 aliphatic heterocycles. The van der Waals surface area contributed by atoms with Crippen LogP contribution in [0.25, 0.3) is 6.08 Å². The maximum atomic E-state index is 12.9. The van der Waals surface area contributed by atoms with Crippen molar-refractivity contribution in [2.45, 2.75) is 34.0 Å². The van der Waals surface area contributed by atoms with Gasteiger partial charge < -0.3 is 19.5 Å². The molecule has 6 nitrogen and oxygen atoms in total. The van der Waals surface area contributed by atoms with Crippen molar-refractivity contribution in [3.05, 3.63) is 121 Å².